The molecule has 10 aromatic rings. The molecule has 0 aliphatic rings. The number of benzene rings is 9. The highest BCUT2D eigenvalue weighted by atomic mass is 16.3. The maximum atomic E-state index is 6.21. The molecule has 10 rings (SSSR count). The topological polar surface area (TPSA) is 16.4 Å². The molecule has 0 fully saturated rings. The lowest BCUT2D eigenvalue weighted by Crippen LogP contribution is -2.09. The predicted molar refractivity (Wildman–Crippen MR) is 228 cm³/mol. The quantitative estimate of drug-likeness (QED) is 0.166. The van der Waals surface area contributed by atoms with Crippen molar-refractivity contribution < 1.29 is 4.42 Å². The molecule has 0 amide bonds. The summed E-state index contributed by atoms with van der Waals surface area (Å²) in [5.41, 5.74) is 14.6. The molecule has 0 spiro atoms. The minimum atomic E-state index is 0.903. The smallest absolute Gasteiger partial charge is 0.136 e. The minimum Gasteiger partial charge on any atom is -0.456 e. The van der Waals surface area contributed by atoms with Gasteiger partial charge in [-0.2, -0.15) is 0 Å². The number of hydrogen-bond donors (Lipinski definition) is 0. The zero-order valence-corrected chi connectivity index (χ0v) is 29.6. The third-order valence-electron chi connectivity index (χ3n) is 10.5. The molecular weight excluding hydrogens is 655 g/mol. The van der Waals surface area contributed by atoms with Gasteiger partial charge in [0.2, 0.25) is 0 Å². The van der Waals surface area contributed by atoms with Crippen molar-refractivity contribution >= 4 is 49.8 Å². The van der Waals surface area contributed by atoms with Gasteiger partial charge in [0.15, 0.2) is 0 Å². The molecule has 0 N–H and O–H groups in total. The van der Waals surface area contributed by atoms with Gasteiger partial charge in [-0.1, -0.05) is 152 Å². The van der Waals surface area contributed by atoms with Crippen molar-refractivity contribution in [2.75, 3.05) is 4.90 Å². The molecule has 254 valence electrons. The first-order valence-electron chi connectivity index (χ1n) is 18.4. The molecule has 1 heterocycles. The summed E-state index contributed by atoms with van der Waals surface area (Å²) >= 11 is 0. The maximum absolute atomic E-state index is 6.21. The Hall–Kier alpha value is -7.16. The molecule has 0 radical (unpaired) electrons. The molecule has 0 bridgehead atoms. The van der Waals surface area contributed by atoms with Gasteiger partial charge in [-0.05, 0) is 116 Å². The van der Waals surface area contributed by atoms with Crippen molar-refractivity contribution in [2.24, 2.45) is 0 Å². The summed E-state index contributed by atoms with van der Waals surface area (Å²) in [6, 6.07) is 75.9. The average Bonchev–Trinajstić information content (AvgIpc) is 3.63. The Kier molecular flexibility index (Phi) is 7.85. The largest absolute Gasteiger partial charge is 0.456 e. The van der Waals surface area contributed by atoms with Crippen molar-refractivity contribution in [1.82, 2.24) is 0 Å². The van der Waals surface area contributed by atoms with Crippen LogP contribution in [0.5, 0.6) is 0 Å². The summed E-state index contributed by atoms with van der Waals surface area (Å²) in [5.74, 6) is 0. The second-order valence-corrected chi connectivity index (χ2v) is 13.8. The number of furan rings is 1. The summed E-state index contributed by atoms with van der Waals surface area (Å²) in [6.07, 6.45) is 0. The second-order valence-electron chi connectivity index (χ2n) is 13.8. The van der Waals surface area contributed by atoms with Gasteiger partial charge in [-0.3, -0.25) is 0 Å². The van der Waals surface area contributed by atoms with Crippen LogP contribution in [0.25, 0.3) is 77.2 Å². The zero-order valence-electron chi connectivity index (χ0n) is 29.6. The van der Waals surface area contributed by atoms with Crippen LogP contribution in [0, 0.1) is 0 Å². The van der Waals surface area contributed by atoms with Gasteiger partial charge >= 0.3 is 0 Å². The van der Waals surface area contributed by atoms with E-state index in [0.717, 1.165) is 50.1 Å². The van der Waals surface area contributed by atoms with E-state index in [2.05, 4.69) is 205 Å². The molecule has 0 aliphatic carbocycles. The predicted octanol–water partition coefficient (Wildman–Crippen LogP) is 14.9. The van der Waals surface area contributed by atoms with E-state index in [1.165, 1.54) is 44.2 Å². The van der Waals surface area contributed by atoms with Crippen LogP contribution < -0.4 is 4.90 Å². The molecule has 0 unspecified atom stereocenters. The fraction of sp³-hybridized carbons (Fsp3) is 0. The standard InChI is InChI=1S/C52H35NO/c1-2-8-36(9-3-1)38-14-16-39(17-15-38)40-20-27-46(28-21-40)53(47-29-22-41(23-30-47)44-19-18-37-10-4-5-11-43(37)34-44)48-31-24-42(25-32-48)45-26-33-50-49-12-6-7-13-51(49)54-52(50)35-45/h1-35H. The Morgan fingerprint density at radius 3 is 1.28 bits per heavy atom. The summed E-state index contributed by atoms with van der Waals surface area (Å²) in [5, 5.41) is 4.78. The molecule has 54 heavy (non-hydrogen) atoms. The van der Waals surface area contributed by atoms with Gasteiger partial charge in [-0.15, -0.1) is 0 Å². The number of fused-ring (bicyclic) bond motifs is 4. The van der Waals surface area contributed by atoms with Crippen LogP contribution in [0.2, 0.25) is 0 Å². The SMILES string of the molecule is c1ccc(-c2ccc(-c3ccc(N(c4ccc(-c5ccc6ccccc6c5)cc4)c4ccc(-c5ccc6c(c5)oc5ccccc56)cc4)cc3)cc2)cc1. The highest BCUT2D eigenvalue weighted by molar-refractivity contribution is 6.06. The Morgan fingerprint density at radius 2 is 0.667 bits per heavy atom. The zero-order chi connectivity index (χ0) is 35.8. The first kappa shape index (κ1) is 31.6. The van der Waals surface area contributed by atoms with E-state index in [4.69, 9.17) is 4.42 Å². The molecule has 9 aromatic carbocycles. The summed E-state index contributed by atoms with van der Waals surface area (Å²) in [6.45, 7) is 0. The lowest BCUT2D eigenvalue weighted by molar-refractivity contribution is 0.669. The van der Waals surface area contributed by atoms with E-state index in [-0.39, 0.29) is 0 Å². The number of anilines is 3. The second kappa shape index (κ2) is 13.4. The lowest BCUT2D eigenvalue weighted by Gasteiger charge is -2.26. The van der Waals surface area contributed by atoms with Gasteiger partial charge < -0.3 is 9.32 Å². The van der Waals surface area contributed by atoms with Crippen molar-refractivity contribution in [2.45, 2.75) is 0 Å². The monoisotopic (exact) mass is 689 g/mol. The van der Waals surface area contributed by atoms with Gasteiger partial charge in [0.05, 0.1) is 0 Å². The first-order valence-corrected chi connectivity index (χ1v) is 18.4. The van der Waals surface area contributed by atoms with E-state index >= 15 is 0 Å². The van der Waals surface area contributed by atoms with Crippen LogP contribution >= 0.6 is 0 Å². The van der Waals surface area contributed by atoms with Crippen LogP contribution in [0.1, 0.15) is 0 Å². The number of hydrogen-bond acceptors (Lipinski definition) is 2. The van der Waals surface area contributed by atoms with Crippen molar-refractivity contribution in [3.05, 3.63) is 212 Å². The Balaban J connectivity index is 0.994. The number of para-hydroxylation sites is 1. The van der Waals surface area contributed by atoms with Crippen LogP contribution in [0.3, 0.4) is 0 Å². The third kappa shape index (κ3) is 5.90. The summed E-state index contributed by atoms with van der Waals surface area (Å²) in [4.78, 5) is 2.33. The van der Waals surface area contributed by atoms with Gasteiger partial charge in [0, 0.05) is 27.8 Å². The third-order valence-corrected chi connectivity index (χ3v) is 10.5. The van der Waals surface area contributed by atoms with Gasteiger partial charge in [0.1, 0.15) is 11.2 Å². The van der Waals surface area contributed by atoms with Crippen molar-refractivity contribution in [1.29, 1.82) is 0 Å². The average molecular weight is 690 g/mol. The molecule has 2 nitrogen and oxygen atoms in total. The van der Waals surface area contributed by atoms with E-state index in [9.17, 15) is 0 Å². The number of nitrogens with zero attached hydrogens (tertiary/aromatic N) is 1. The minimum absolute atomic E-state index is 0.903. The molecule has 0 atom stereocenters. The summed E-state index contributed by atoms with van der Waals surface area (Å²) in [7, 11) is 0. The highest BCUT2D eigenvalue weighted by Gasteiger charge is 2.15. The Morgan fingerprint density at radius 1 is 0.259 bits per heavy atom. The molecule has 0 saturated carbocycles. The van der Waals surface area contributed by atoms with Gasteiger partial charge in [-0.25, -0.2) is 0 Å². The van der Waals surface area contributed by atoms with E-state index in [1.807, 2.05) is 12.1 Å². The maximum Gasteiger partial charge on any atom is 0.136 e. The van der Waals surface area contributed by atoms with Gasteiger partial charge in [0.25, 0.3) is 0 Å². The first-order chi connectivity index (χ1) is 26.7. The van der Waals surface area contributed by atoms with Crippen LogP contribution in [-0.2, 0) is 0 Å². The van der Waals surface area contributed by atoms with Crippen molar-refractivity contribution in [3.8, 4) is 44.5 Å². The van der Waals surface area contributed by atoms with Crippen molar-refractivity contribution in [3.63, 3.8) is 0 Å². The summed E-state index contributed by atoms with van der Waals surface area (Å²) < 4.78 is 6.21. The van der Waals surface area contributed by atoms with E-state index in [1.54, 1.807) is 0 Å². The van der Waals surface area contributed by atoms with Crippen LogP contribution in [-0.4, -0.2) is 0 Å². The fourth-order valence-corrected chi connectivity index (χ4v) is 7.62. The van der Waals surface area contributed by atoms with E-state index in [0.29, 0.717) is 0 Å². The molecule has 2 heteroatoms. The normalized spacial score (nSPS) is 11.3. The Bertz CT molecular complexity index is 2890. The molecular formula is C52H35NO. The Labute approximate surface area is 314 Å². The highest BCUT2D eigenvalue weighted by Crippen LogP contribution is 2.39. The van der Waals surface area contributed by atoms with Crippen LogP contribution in [0.15, 0.2) is 217 Å². The molecule has 0 aliphatic heterocycles. The number of rotatable bonds is 7. The lowest BCUT2D eigenvalue weighted by atomic mass is 9.99. The van der Waals surface area contributed by atoms with Crippen LogP contribution in [0.4, 0.5) is 17.1 Å². The fourth-order valence-electron chi connectivity index (χ4n) is 7.62. The molecule has 0 saturated heterocycles. The molecule has 1 aromatic heterocycles. The van der Waals surface area contributed by atoms with E-state index < -0.39 is 0 Å².